The van der Waals surface area contributed by atoms with Crippen molar-refractivity contribution in [3.05, 3.63) is 24.3 Å². The number of hydrogen-bond acceptors (Lipinski definition) is 4. The summed E-state index contributed by atoms with van der Waals surface area (Å²) in [5.41, 5.74) is 0. The number of rotatable bonds is 7. The third-order valence-electron chi connectivity index (χ3n) is 2.40. The molecule has 5 nitrogen and oxygen atoms in total. The number of carbonyl (C=O) groups is 1. The van der Waals surface area contributed by atoms with E-state index in [0.29, 0.717) is 12.2 Å². The number of hydrogen-bond donors (Lipinski definition) is 1. The monoisotopic (exact) mass is 349 g/mol. The first-order valence-corrected chi connectivity index (χ1v) is 8.50. The van der Waals surface area contributed by atoms with E-state index in [9.17, 15) is 13.2 Å². The number of esters is 1. The smallest absolute Gasteiger partial charge is 0.311 e. The van der Waals surface area contributed by atoms with Gasteiger partial charge in [0.2, 0.25) is 10.0 Å². The summed E-state index contributed by atoms with van der Waals surface area (Å²) in [4.78, 5) is 11.5. The van der Waals surface area contributed by atoms with Crippen molar-refractivity contribution < 1.29 is 17.9 Å². The van der Waals surface area contributed by atoms with E-state index in [1.54, 1.807) is 0 Å². The second-order valence-corrected chi connectivity index (χ2v) is 6.34. The highest BCUT2D eigenvalue weighted by molar-refractivity contribution is 9.09. The molecular weight excluding hydrogens is 334 g/mol. The van der Waals surface area contributed by atoms with Gasteiger partial charge in [-0.25, -0.2) is 13.6 Å². The third-order valence-corrected chi connectivity index (χ3v) is 3.89. The molecule has 19 heavy (non-hydrogen) atoms. The fourth-order valence-electron chi connectivity index (χ4n) is 1.42. The van der Waals surface area contributed by atoms with Crippen molar-refractivity contribution in [3.8, 4) is 5.75 Å². The van der Waals surface area contributed by atoms with Crippen LogP contribution < -0.4 is 9.88 Å². The van der Waals surface area contributed by atoms with Crippen LogP contribution in [0.1, 0.15) is 25.7 Å². The zero-order valence-electron chi connectivity index (χ0n) is 10.3. The molecule has 0 fully saturated rings. The third kappa shape index (κ3) is 6.17. The lowest BCUT2D eigenvalue weighted by Gasteiger charge is -2.05. The number of halogens is 1. The van der Waals surface area contributed by atoms with Crippen LogP contribution in [0.15, 0.2) is 29.2 Å². The van der Waals surface area contributed by atoms with Crippen molar-refractivity contribution in [3.63, 3.8) is 0 Å². The highest BCUT2D eigenvalue weighted by atomic mass is 79.9. The molecule has 0 atom stereocenters. The van der Waals surface area contributed by atoms with Crippen LogP contribution in [-0.4, -0.2) is 19.7 Å². The van der Waals surface area contributed by atoms with Gasteiger partial charge in [0.05, 0.1) is 4.90 Å². The Morgan fingerprint density at radius 1 is 1.16 bits per heavy atom. The highest BCUT2D eigenvalue weighted by Gasteiger charge is 2.09. The van der Waals surface area contributed by atoms with Gasteiger partial charge in [-0.15, -0.1) is 0 Å². The summed E-state index contributed by atoms with van der Waals surface area (Å²) in [6.07, 6.45) is 3.12. The van der Waals surface area contributed by atoms with E-state index >= 15 is 0 Å². The average Bonchev–Trinajstić information content (AvgIpc) is 2.34. The maximum atomic E-state index is 11.5. The molecule has 0 radical (unpaired) electrons. The summed E-state index contributed by atoms with van der Waals surface area (Å²) in [6.45, 7) is 0. The predicted octanol–water partition coefficient (Wildman–Crippen LogP) is 2.19. The molecule has 0 aromatic heterocycles. The largest absolute Gasteiger partial charge is 0.427 e. The molecular formula is C12H16BrNO4S. The minimum atomic E-state index is -3.71. The van der Waals surface area contributed by atoms with Crippen molar-refractivity contribution >= 4 is 31.9 Å². The topological polar surface area (TPSA) is 86.5 Å². The van der Waals surface area contributed by atoms with Gasteiger partial charge in [0.25, 0.3) is 0 Å². The van der Waals surface area contributed by atoms with Crippen molar-refractivity contribution in [2.45, 2.75) is 30.6 Å². The van der Waals surface area contributed by atoms with Gasteiger partial charge in [0.1, 0.15) is 5.75 Å². The molecule has 0 spiro atoms. The van der Waals surface area contributed by atoms with Gasteiger partial charge in [0, 0.05) is 11.8 Å². The Balaban J connectivity index is 2.47. The Kier molecular flexibility index (Phi) is 6.47. The molecule has 0 saturated carbocycles. The SMILES string of the molecule is NS(=O)(=O)c1ccc(OC(=O)CCCCCBr)cc1. The molecule has 0 bridgehead atoms. The maximum absolute atomic E-state index is 11.5. The van der Waals surface area contributed by atoms with E-state index in [4.69, 9.17) is 9.88 Å². The summed E-state index contributed by atoms with van der Waals surface area (Å²) < 4.78 is 27.1. The molecule has 2 N–H and O–H groups in total. The summed E-state index contributed by atoms with van der Waals surface area (Å²) in [7, 11) is -3.71. The van der Waals surface area contributed by atoms with Crippen molar-refractivity contribution in [2.75, 3.05) is 5.33 Å². The van der Waals surface area contributed by atoms with Crippen molar-refractivity contribution in [1.82, 2.24) is 0 Å². The second kappa shape index (κ2) is 7.62. The van der Waals surface area contributed by atoms with Gasteiger partial charge >= 0.3 is 5.97 Å². The van der Waals surface area contributed by atoms with Gasteiger partial charge in [-0.1, -0.05) is 22.4 Å². The predicted molar refractivity (Wildman–Crippen MR) is 75.7 cm³/mol. The normalized spacial score (nSPS) is 11.3. The first kappa shape index (κ1) is 16.1. The van der Waals surface area contributed by atoms with Gasteiger partial charge in [-0.2, -0.15) is 0 Å². The summed E-state index contributed by atoms with van der Waals surface area (Å²) >= 11 is 3.32. The average molecular weight is 350 g/mol. The van der Waals surface area contributed by atoms with Crippen LogP contribution in [0.3, 0.4) is 0 Å². The lowest BCUT2D eigenvalue weighted by Crippen LogP contribution is -2.12. The van der Waals surface area contributed by atoms with Crippen molar-refractivity contribution in [1.29, 1.82) is 0 Å². The first-order chi connectivity index (χ1) is 8.93. The number of sulfonamides is 1. The van der Waals surface area contributed by atoms with Crippen LogP contribution >= 0.6 is 15.9 Å². The molecule has 7 heteroatoms. The Bertz CT molecular complexity index is 513. The maximum Gasteiger partial charge on any atom is 0.311 e. The fourth-order valence-corrected chi connectivity index (χ4v) is 2.33. The van der Waals surface area contributed by atoms with Gasteiger partial charge < -0.3 is 4.74 Å². The zero-order valence-corrected chi connectivity index (χ0v) is 12.7. The molecule has 1 rings (SSSR count). The molecule has 106 valence electrons. The highest BCUT2D eigenvalue weighted by Crippen LogP contribution is 2.16. The Morgan fingerprint density at radius 3 is 2.32 bits per heavy atom. The molecule has 1 aromatic rings. The summed E-state index contributed by atoms with van der Waals surface area (Å²) in [6, 6.07) is 5.44. The van der Waals surface area contributed by atoms with Crippen LogP contribution in [0.4, 0.5) is 0 Å². The molecule has 0 aliphatic heterocycles. The number of nitrogens with two attached hydrogens (primary N) is 1. The lowest BCUT2D eigenvalue weighted by atomic mass is 10.2. The zero-order chi connectivity index (χ0) is 14.3. The minimum absolute atomic E-state index is 0.00961. The van der Waals surface area contributed by atoms with E-state index in [1.807, 2.05) is 0 Å². The Morgan fingerprint density at radius 2 is 1.79 bits per heavy atom. The van der Waals surface area contributed by atoms with E-state index in [0.717, 1.165) is 24.6 Å². The molecule has 0 unspecified atom stereocenters. The molecule has 0 amide bonds. The second-order valence-electron chi connectivity index (χ2n) is 3.99. The van der Waals surface area contributed by atoms with Crippen LogP contribution in [0.2, 0.25) is 0 Å². The van der Waals surface area contributed by atoms with E-state index in [-0.39, 0.29) is 10.9 Å². The summed E-state index contributed by atoms with van der Waals surface area (Å²) in [5, 5.41) is 5.89. The van der Waals surface area contributed by atoms with E-state index in [2.05, 4.69) is 15.9 Å². The van der Waals surface area contributed by atoms with Crippen LogP contribution in [-0.2, 0) is 14.8 Å². The van der Waals surface area contributed by atoms with Gasteiger partial charge in [-0.3, -0.25) is 4.79 Å². The molecule has 0 aliphatic rings. The number of unbranched alkanes of at least 4 members (excludes halogenated alkanes) is 2. The van der Waals surface area contributed by atoms with Crippen LogP contribution in [0.25, 0.3) is 0 Å². The minimum Gasteiger partial charge on any atom is -0.427 e. The lowest BCUT2D eigenvalue weighted by molar-refractivity contribution is -0.134. The number of ether oxygens (including phenoxy) is 1. The first-order valence-electron chi connectivity index (χ1n) is 5.83. The standard InChI is InChI=1S/C12H16BrNO4S/c13-9-3-1-2-4-12(15)18-10-5-7-11(8-6-10)19(14,16)17/h5-8H,1-4,9H2,(H2,14,16,17). The molecule has 1 aromatic carbocycles. The number of carbonyl (C=O) groups excluding carboxylic acids is 1. The van der Waals surface area contributed by atoms with E-state index in [1.165, 1.54) is 24.3 Å². The van der Waals surface area contributed by atoms with Gasteiger partial charge in [0.15, 0.2) is 0 Å². The summed E-state index contributed by atoms with van der Waals surface area (Å²) in [5.74, 6) is -0.00387. The molecule has 0 heterocycles. The van der Waals surface area contributed by atoms with Crippen molar-refractivity contribution in [2.24, 2.45) is 5.14 Å². The Labute approximate surface area is 121 Å². The number of alkyl halides is 1. The molecule has 0 aliphatic carbocycles. The van der Waals surface area contributed by atoms with Gasteiger partial charge in [-0.05, 0) is 37.1 Å². The van der Waals surface area contributed by atoms with Crippen LogP contribution in [0, 0.1) is 0 Å². The number of primary sulfonamides is 1. The fraction of sp³-hybridized carbons (Fsp3) is 0.417. The quantitative estimate of drug-likeness (QED) is 0.353. The van der Waals surface area contributed by atoms with E-state index < -0.39 is 10.0 Å². The Hall–Kier alpha value is -0.920. The molecule has 0 saturated heterocycles. The van der Waals surface area contributed by atoms with Crippen LogP contribution in [0.5, 0.6) is 5.75 Å². The number of benzene rings is 1.